The minimum atomic E-state index is -0.624. The zero-order chi connectivity index (χ0) is 11.1. The van der Waals surface area contributed by atoms with E-state index in [1.165, 1.54) is 25.9 Å². The van der Waals surface area contributed by atoms with E-state index in [0.717, 1.165) is 25.3 Å². The highest BCUT2D eigenvalue weighted by Crippen LogP contribution is 2.03. The molecule has 1 heterocycles. The molecule has 1 aliphatic rings. The predicted molar refractivity (Wildman–Crippen MR) is 66.7 cm³/mol. The van der Waals surface area contributed by atoms with Crippen molar-refractivity contribution in [1.29, 1.82) is 0 Å². The Balaban J connectivity index is 2.18. The van der Waals surface area contributed by atoms with Crippen LogP contribution in [0.15, 0.2) is 0 Å². The lowest BCUT2D eigenvalue weighted by atomic mass is 10.2. The fourth-order valence-corrected chi connectivity index (χ4v) is 2.49. The van der Waals surface area contributed by atoms with Gasteiger partial charge in [-0.25, -0.2) is 0 Å². The Morgan fingerprint density at radius 2 is 2.27 bits per heavy atom. The quantitative estimate of drug-likeness (QED) is 0.779. The monoisotopic (exact) mass is 232 g/mol. The minimum Gasteiger partial charge on any atom is -0.314 e. The maximum atomic E-state index is 10.9. The molecule has 1 fully saturated rings. The number of nitrogens with zero attached hydrogens (tertiary/aromatic N) is 1. The number of hydrogen-bond donors (Lipinski definition) is 1. The van der Waals surface area contributed by atoms with E-state index < -0.39 is 10.8 Å². The molecule has 0 bridgehead atoms. The molecule has 1 saturated heterocycles. The van der Waals surface area contributed by atoms with Crippen LogP contribution in [-0.2, 0) is 10.8 Å². The largest absolute Gasteiger partial charge is 0.314 e. The van der Waals surface area contributed by atoms with Crippen molar-refractivity contribution in [1.82, 2.24) is 10.2 Å². The topological polar surface area (TPSA) is 32.3 Å². The summed E-state index contributed by atoms with van der Waals surface area (Å²) in [5, 5.41) is 3.50. The normalized spacial score (nSPS) is 26.9. The summed E-state index contributed by atoms with van der Waals surface area (Å²) in [4.78, 5) is 2.52. The fraction of sp³-hybridized carbons (Fsp3) is 1.00. The summed E-state index contributed by atoms with van der Waals surface area (Å²) in [6.45, 7) is 6.88. The number of hydrogen-bond acceptors (Lipinski definition) is 3. The highest BCUT2D eigenvalue weighted by atomic mass is 32.2. The molecule has 0 saturated carbocycles. The first kappa shape index (κ1) is 13.1. The van der Waals surface area contributed by atoms with Gasteiger partial charge in [0, 0.05) is 28.9 Å². The average Bonchev–Trinajstić information content (AvgIpc) is 2.15. The van der Waals surface area contributed by atoms with E-state index in [0.29, 0.717) is 6.04 Å². The molecule has 2 unspecified atom stereocenters. The summed E-state index contributed by atoms with van der Waals surface area (Å²) in [5.74, 6) is 0.851. The van der Waals surface area contributed by atoms with Gasteiger partial charge in [0.2, 0.25) is 0 Å². The minimum absolute atomic E-state index is 0.624. The van der Waals surface area contributed by atoms with Crippen LogP contribution in [0.5, 0.6) is 0 Å². The van der Waals surface area contributed by atoms with Crippen molar-refractivity contribution in [2.45, 2.75) is 32.2 Å². The Kier molecular flexibility index (Phi) is 6.45. The number of nitrogens with one attached hydrogen (secondary N) is 1. The standard InChI is InChI=1S/C11H24N2OS/c1-11-5-9-13(7-3-6-12-11)8-4-10-15(2)14/h11-12H,3-10H2,1-2H3. The SMILES string of the molecule is CC1CCN(CCCS(C)=O)CCCN1. The fourth-order valence-electron chi connectivity index (χ4n) is 1.96. The van der Waals surface area contributed by atoms with Crippen molar-refractivity contribution in [2.75, 3.05) is 38.2 Å². The van der Waals surface area contributed by atoms with Crippen molar-refractivity contribution < 1.29 is 4.21 Å². The van der Waals surface area contributed by atoms with E-state index in [9.17, 15) is 4.21 Å². The zero-order valence-electron chi connectivity index (χ0n) is 10.00. The van der Waals surface area contributed by atoms with Crippen LogP contribution in [0.2, 0.25) is 0 Å². The Hall–Kier alpha value is 0.0700. The summed E-state index contributed by atoms with van der Waals surface area (Å²) < 4.78 is 10.9. The third-order valence-corrected chi connectivity index (χ3v) is 3.79. The lowest BCUT2D eigenvalue weighted by Crippen LogP contribution is -2.39. The summed E-state index contributed by atoms with van der Waals surface area (Å²) >= 11 is 0. The molecule has 0 spiro atoms. The van der Waals surface area contributed by atoms with Crippen LogP contribution >= 0.6 is 0 Å². The summed E-state index contributed by atoms with van der Waals surface area (Å²) in [5.41, 5.74) is 0. The maximum Gasteiger partial charge on any atom is 0.0244 e. The van der Waals surface area contributed by atoms with E-state index in [2.05, 4.69) is 17.1 Å². The van der Waals surface area contributed by atoms with E-state index in [1.807, 2.05) is 0 Å². The van der Waals surface area contributed by atoms with Crippen molar-refractivity contribution in [3.05, 3.63) is 0 Å². The van der Waals surface area contributed by atoms with Gasteiger partial charge in [0.15, 0.2) is 0 Å². The van der Waals surface area contributed by atoms with Crippen LogP contribution < -0.4 is 5.32 Å². The zero-order valence-corrected chi connectivity index (χ0v) is 10.8. The smallest absolute Gasteiger partial charge is 0.0244 e. The van der Waals surface area contributed by atoms with Crippen LogP contribution in [-0.4, -0.2) is 53.3 Å². The average molecular weight is 232 g/mol. The first-order valence-electron chi connectivity index (χ1n) is 5.94. The third-order valence-electron chi connectivity index (χ3n) is 2.93. The van der Waals surface area contributed by atoms with Gasteiger partial charge in [0.05, 0.1) is 0 Å². The summed E-state index contributed by atoms with van der Waals surface area (Å²) in [6, 6.07) is 0.646. The van der Waals surface area contributed by atoms with Crippen molar-refractivity contribution >= 4 is 10.8 Å². The predicted octanol–water partition coefficient (Wildman–Crippen LogP) is 0.829. The summed E-state index contributed by atoms with van der Waals surface area (Å²) in [6.07, 6.45) is 5.33. The second-order valence-electron chi connectivity index (χ2n) is 4.47. The molecule has 0 amide bonds. The third kappa shape index (κ3) is 6.28. The van der Waals surface area contributed by atoms with Crippen molar-refractivity contribution in [3.63, 3.8) is 0 Å². The van der Waals surface area contributed by atoms with Crippen LogP contribution in [0.4, 0.5) is 0 Å². The molecular formula is C11H24N2OS. The highest BCUT2D eigenvalue weighted by molar-refractivity contribution is 7.84. The van der Waals surface area contributed by atoms with Crippen LogP contribution in [0.25, 0.3) is 0 Å². The lowest BCUT2D eigenvalue weighted by molar-refractivity contribution is 0.238. The van der Waals surface area contributed by atoms with E-state index in [1.54, 1.807) is 6.26 Å². The highest BCUT2D eigenvalue weighted by Gasteiger charge is 2.11. The molecule has 1 rings (SSSR count). The number of rotatable bonds is 4. The van der Waals surface area contributed by atoms with E-state index in [4.69, 9.17) is 0 Å². The molecule has 0 aromatic heterocycles. The summed E-state index contributed by atoms with van der Waals surface area (Å²) in [7, 11) is -0.624. The van der Waals surface area contributed by atoms with Crippen LogP contribution in [0, 0.1) is 0 Å². The first-order valence-corrected chi connectivity index (χ1v) is 7.67. The van der Waals surface area contributed by atoms with Gasteiger partial charge in [-0.05, 0) is 52.4 Å². The molecular weight excluding hydrogens is 208 g/mol. The molecule has 2 atom stereocenters. The second kappa shape index (κ2) is 7.36. The Morgan fingerprint density at radius 3 is 3.00 bits per heavy atom. The second-order valence-corrected chi connectivity index (χ2v) is 6.02. The van der Waals surface area contributed by atoms with Crippen LogP contribution in [0.1, 0.15) is 26.2 Å². The van der Waals surface area contributed by atoms with Gasteiger partial charge in [0.1, 0.15) is 0 Å². The Bertz CT molecular complexity index is 199. The van der Waals surface area contributed by atoms with E-state index in [-0.39, 0.29) is 0 Å². The molecule has 15 heavy (non-hydrogen) atoms. The molecule has 1 aliphatic heterocycles. The van der Waals surface area contributed by atoms with Crippen molar-refractivity contribution in [2.24, 2.45) is 0 Å². The van der Waals surface area contributed by atoms with Gasteiger partial charge in [-0.2, -0.15) is 0 Å². The molecule has 4 heteroatoms. The molecule has 0 radical (unpaired) electrons. The lowest BCUT2D eigenvalue weighted by Gasteiger charge is -2.27. The molecule has 3 nitrogen and oxygen atoms in total. The molecule has 0 aliphatic carbocycles. The van der Waals surface area contributed by atoms with Gasteiger partial charge >= 0.3 is 0 Å². The van der Waals surface area contributed by atoms with Gasteiger partial charge in [-0.3, -0.25) is 4.21 Å². The molecule has 90 valence electrons. The maximum absolute atomic E-state index is 10.9. The first-order chi connectivity index (χ1) is 7.18. The van der Waals surface area contributed by atoms with Crippen LogP contribution in [0.3, 0.4) is 0 Å². The van der Waals surface area contributed by atoms with Gasteiger partial charge in [-0.1, -0.05) is 0 Å². The van der Waals surface area contributed by atoms with E-state index >= 15 is 0 Å². The van der Waals surface area contributed by atoms with Gasteiger partial charge < -0.3 is 10.2 Å². The molecule has 0 aromatic rings. The molecule has 0 aromatic carbocycles. The van der Waals surface area contributed by atoms with Gasteiger partial charge in [-0.15, -0.1) is 0 Å². The van der Waals surface area contributed by atoms with Crippen molar-refractivity contribution in [3.8, 4) is 0 Å². The Morgan fingerprint density at radius 1 is 1.47 bits per heavy atom. The van der Waals surface area contributed by atoms with Gasteiger partial charge in [0.25, 0.3) is 0 Å². The molecule has 1 N–H and O–H groups in total. The Labute approximate surface area is 96.1 Å².